The monoisotopic (exact) mass is 271 g/mol. The molecule has 1 fully saturated rings. The van der Waals surface area contributed by atoms with Crippen LogP contribution in [0.15, 0.2) is 34.9 Å². The molecule has 3 heteroatoms. The number of carbonyl (C=O) groups excluding carboxylic acids is 1. The second-order valence-electron chi connectivity index (χ2n) is 6.51. The van der Waals surface area contributed by atoms with E-state index in [0.29, 0.717) is 17.5 Å². The highest BCUT2D eigenvalue weighted by atomic mass is 16.3. The highest BCUT2D eigenvalue weighted by molar-refractivity contribution is 6.08. The fraction of sp³-hybridized carbons (Fsp3) is 0.471. The van der Waals surface area contributed by atoms with E-state index in [0.717, 1.165) is 36.9 Å². The molecule has 0 spiro atoms. The number of carbonyl (C=O) groups is 1. The first kappa shape index (κ1) is 13.4. The van der Waals surface area contributed by atoms with Gasteiger partial charge in [0.05, 0.1) is 12.1 Å². The average Bonchev–Trinajstić information content (AvgIpc) is 2.85. The Kier molecular flexibility index (Phi) is 3.38. The van der Waals surface area contributed by atoms with Crippen LogP contribution in [0.25, 0.3) is 11.0 Å². The van der Waals surface area contributed by atoms with Gasteiger partial charge in [0.25, 0.3) is 0 Å². The summed E-state index contributed by atoms with van der Waals surface area (Å²) >= 11 is 0. The van der Waals surface area contributed by atoms with Gasteiger partial charge in [-0.3, -0.25) is 9.69 Å². The lowest BCUT2D eigenvalue weighted by molar-refractivity contribution is 0.0846. The minimum Gasteiger partial charge on any atom is -0.464 e. The van der Waals surface area contributed by atoms with Crippen molar-refractivity contribution < 1.29 is 9.21 Å². The summed E-state index contributed by atoms with van der Waals surface area (Å²) in [7, 11) is 0. The first-order valence-corrected chi connectivity index (χ1v) is 7.27. The van der Waals surface area contributed by atoms with Crippen LogP contribution in [0.5, 0.6) is 0 Å². The predicted molar refractivity (Wildman–Crippen MR) is 80.0 cm³/mol. The fourth-order valence-electron chi connectivity index (χ4n) is 2.80. The lowest BCUT2D eigenvalue weighted by Gasteiger charge is -2.36. The molecule has 106 valence electrons. The Morgan fingerprint density at radius 3 is 2.70 bits per heavy atom. The van der Waals surface area contributed by atoms with Crippen molar-refractivity contribution in [1.82, 2.24) is 4.90 Å². The highest BCUT2D eigenvalue weighted by Crippen LogP contribution is 2.30. The van der Waals surface area contributed by atoms with Gasteiger partial charge in [-0.25, -0.2) is 0 Å². The first-order chi connectivity index (χ1) is 9.55. The molecule has 0 bridgehead atoms. The molecule has 0 amide bonds. The molecule has 0 aliphatic carbocycles. The van der Waals surface area contributed by atoms with Crippen LogP contribution in [0.2, 0.25) is 0 Å². The molecule has 2 aromatic rings. The summed E-state index contributed by atoms with van der Waals surface area (Å²) in [5, 5.41) is 0.926. The highest BCUT2D eigenvalue weighted by Gasteiger charge is 2.27. The summed E-state index contributed by atoms with van der Waals surface area (Å²) in [4.78, 5) is 14.7. The fourth-order valence-corrected chi connectivity index (χ4v) is 2.80. The molecular formula is C17H21NO2. The van der Waals surface area contributed by atoms with E-state index >= 15 is 0 Å². The van der Waals surface area contributed by atoms with E-state index in [2.05, 4.69) is 18.7 Å². The van der Waals surface area contributed by atoms with Crippen molar-refractivity contribution >= 4 is 16.8 Å². The number of benzene rings is 1. The summed E-state index contributed by atoms with van der Waals surface area (Å²) in [6.07, 6.45) is 3.92. The summed E-state index contributed by atoms with van der Waals surface area (Å²) in [5.41, 5.74) is 1.92. The Morgan fingerprint density at radius 1 is 1.25 bits per heavy atom. The third-order valence-electron chi connectivity index (χ3n) is 4.36. The Bertz CT molecular complexity index is 617. The number of hydrogen-bond acceptors (Lipinski definition) is 3. The standard InChI is InChI=1S/C17H21NO2/c1-17(2)7-9-18(10-8-17)11-15(19)14-12-20-16-6-4-3-5-13(14)16/h3-6,12H,7-11H2,1-2H3. The van der Waals surface area contributed by atoms with Crippen molar-refractivity contribution in [3.05, 3.63) is 36.1 Å². The molecular weight excluding hydrogens is 250 g/mol. The van der Waals surface area contributed by atoms with Crippen molar-refractivity contribution in [3.63, 3.8) is 0 Å². The Hall–Kier alpha value is -1.61. The maximum Gasteiger partial charge on any atom is 0.180 e. The normalized spacial score (nSPS) is 19.3. The van der Waals surface area contributed by atoms with Gasteiger partial charge in [0.15, 0.2) is 5.78 Å². The maximum absolute atomic E-state index is 12.4. The lowest BCUT2D eigenvalue weighted by atomic mass is 9.82. The average molecular weight is 271 g/mol. The van der Waals surface area contributed by atoms with Gasteiger partial charge in [-0.1, -0.05) is 32.0 Å². The van der Waals surface area contributed by atoms with E-state index in [4.69, 9.17) is 4.42 Å². The minimum atomic E-state index is 0.162. The molecule has 3 rings (SSSR count). The molecule has 2 heterocycles. The van der Waals surface area contributed by atoms with Gasteiger partial charge in [0.1, 0.15) is 11.8 Å². The van der Waals surface area contributed by atoms with Crippen LogP contribution in [-0.4, -0.2) is 30.3 Å². The zero-order chi connectivity index (χ0) is 14.2. The van der Waals surface area contributed by atoms with Gasteiger partial charge in [-0.2, -0.15) is 0 Å². The van der Waals surface area contributed by atoms with Crippen molar-refractivity contribution in [2.45, 2.75) is 26.7 Å². The lowest BCUT2D eigenvalue weighted by Crippen LogP contribution is -2.40. The van der Waals surface area contributed by atoms with Gasteiger partial charge in [0, 0.05) is 5.39 Å². The molecule has 0 radical (unpaired) electrons. The van der Waals surface area contributed by atoms with Gasteiger partial charge in [0.2, 0.25) is 0 Å². The van der Waals surface area contributed by atoms with E-state index < -0.39 is 0 Å². The van der Waals surface area contributed by atoms with Crippen LogP contribution in [0, 0.1) is 5.41 Å². The summed E-state index contributed by atoms with van der Waals surface area (Å²) in [5.74, 6) is 0.162. The van der Waals surface area contributed by atoms with Crippen LogP contribution in [0.1, 0.15) is 37.0 Å². The smallest absolute Gasteiger partial charge is 0.180 e. The van der Waals surface area contributed by atoms with Crippen molar-refractivity contribution in [2.24, 2.45) is 5.41 Å². The molecule has 3 nitrogen and oxygen atoms in total. The van der Waals surface area contributed by atoms with Gasteiger partial charge in [-0.05, 0) is 37.4 Å². The number of hydrogen-bond donors (Lipinski definition) is 0. The predicted octanol–water partition coefficient (Wildman–Crippen LogP) is 3.74. The van der Waals surface area contributed by atoms with Crippen molar-refractivity contribution in [1.29, 1.82) is 0 Å². The van der Waals surface area contributed by atoms with E-state index in [9.17, 15) is 4.79 Å². The quantitative estimate of drug-likeness (QED) is 0.797. The zero-order valence-electron chi connectivity index (χ0n) is 12.2. The second kappa shape index (κ2) is 5.06. The molecule has 0 unspecified atom stereocenters. The molecule has 1 aliphatic heterocycles. The van der Waals surface area contributed by atoms with E-state index in [1.165, 1.54) is 0 Å². The van der Waals surface area contributed by atoms with E-state index in [1.54, 1.807) is 6.26 Å². The van der Waals surface area contributed by atoms with Crippen LogP contribution in [-0.2, 0) is 0 Å². The molecule has 1 saturated heterocycles. The molecule has 20 heavy (non-hydrogen) atoms. The topological polar surface area (TPSA) is 33.5 Å². The first-order valence-electron chi connectivity index (χ1n) is 7.27. The number of rotatable bonds is 3. The van der Waals surface area contributed by atoms with Gasteiger partial charge in [-0.15, -0.1) is 0 Å². The third kappa shape index (κ3) is 2.63. The van der Waals surface area contributed by atoms with Gasteiger partial charge < -0.3 is 4.42 Å². The molecule has 1 aromatic carbocycles. The van der Waals surface area contributed by atoms with E-state index in [-0.39, 0.29) is 5.78 Å². The zero-order valence-corrected chi connectivity index (χ0v) is 12.2. The van der Waals surface area contributed by atoms with Gasteiger partial charge >= 0.3 is 0 Å². The molecule has 0 atom stereocenters. The Morgan fingerprint density at radius 2 is 1.95 bits per heavy atom. The van der Waals surface area contributed by atoms with Crippen molar-refractivity contribution in [3.8, 4) is 0 Å². The Balaban J connectivity index is 1.71. The van der Waals surface area contributed by atoms with Crippen LogP contribution in [0.3, 0.4) is 0 Å². The third-order valence-corrected chi connectivity index (χ3v) is 4.36. The number of piperidine rings is 1. The molecule has 1 aliphatic rings. The molecule has 1 aromatic heterocycles. The number of furan rings is 1. The van der Waals surface area contributed by atoms with Crippen LogP contribution >= 0.6 is 0 Å². The van der Waals surface area contributed by atoms with E-state index in [1.807, 2.05) is 24.3 Å². The number of ketones is 1. The van der Waals surface area contributed by atoms with Crippen LogP contribution < -0.4 is 0 Å². The van der Waals surface area contributed by atoms with Crippen LogP contribution in [0.4, 0.5) is 0 Å². The Labute approximate surface area is 119 Å². The SMILES string of the molecule is CC1(C)CCN(CC(=O)c2coc3ccccc23)CC1. The second-order valence-corrected chi connectivity index (χ2v) is 6.51. The molecule has 0 N–H and O–H groups in total. The number of para-hydroxylation sites is 1. The number of likely N-dealkylation sites (tertiary alicyclic amines) is 1. The maximum atomic E-state index is 12.4. The van der Waals surface area contributed by atoms with Crippen molar-refractivity contribution in [2.75, 3.05) is 19.6 Å². The largest absolute Gasteiger partial charge is 0.464 e. The number of Topliss-reactive ketones (excluding diaryl/α,β-unsaturated/α-hetero) is 1. The summed E-state index contributed by atoms with van der Waals surface area (Å²) in [6.45, 7) is 7.12. The molecule has 0 saturated carbocycles. The summed E-state index contributed by atoms with van der Waals surface area (Å²) in [6, 6.07) is 7.71. The minimum absolute atomic E-state index is 0.162. The summed E-state index contributed by atoms with van der Waals surface area (Å²) < 4.78 is 5.45. The number of nitrogens with zero attached hydrogens (tertiary/aromatic N) is 1. The number of fused-ring (bicyclic) bond motifs is 1.